The van der Waals surface area contributed by atoms with E-state index in [2.05, 4.69) is 30.3 Å². The molecule has 0 aromatic heterocycles. The SMILES string of the molecule is CC1CCNc2cccc(Cl)c2N1C. The molecule has 1 aliphatic heterocycles. The first-order chi connectivity index (χ1) is 6.70. The van der Waals surface area contributed by atoms with Crippen LogP contribution in [-0.2, 0) is 0 Å². The van der Waals surface area contributed by atoms with Crippen molar-refractivity contribution in [3.8, 4) is 0 Å². The Balaban J connectivity index is 2.49. The molecule has 1 aromatic carbocycles. The molecule has 2 nitrogen and oxygen atoms in total. The quantitative estimate of drug-likeness (QED) is 0.708. The number of fused-ring (bicyclic) bond motifs is 1. The van der Waals surface area contributed by atoms with Crippen molar-refractivity contribution in [3.63, 3.8) is 0 Å². The number of para-hydroxylation sites is 1. The second kappa shape index (κ2) is 3.70. The Labute approximate surface area is 89.9 Å². The molecular formula is C11H15ClN2. The van der Waals surface area contributed by atoms with Gasteiger partial charge in [0, 0.05) is 19.6 Å². The largest absolute Gasteiger partial charge is 0.383 e. The van der Waals surface area contributed by atoms with Crippen LogP contribution < -0.4 is 10.2 Å². The molecule has 1 aromatic rings. The molecule has 2 rings (SSSR count). The monoisotopic (exact) mass is 210 g/mol. The lowest BCUT2D eigenvalue weighted by Gasteiger charge is -2.26. The fourth-order valence-electron chi connectivity index (χ4n) is 1.85. The van der Waals surface area contributed by atoms with Crippen LogP contribution in [0.3, 0.4) is 0 Å². The third-order valence-corrected chi connectivity index (χ3v) is 3.18. The van der Waals surface area contributed by atoms with Crippen LogP contribution in [0.5, 0.6) is 0 Å². The van der Waals surface area contributed by atoms with Gasteiger partial charge < -0.3 is 10.2 Å². The zero-order valence-electron chi connectivity index (χ0n) is 8.55. The minimum Gasteiger partial charge on any atom is -0.383 e. The van der Waals surface area contributed by atoms with Gasteiger partial charge >= 0.3 is 0 Å². The Bertz CT molecular complexity index is 338. The van der Waals surface area contributed by atoms with Crippen molar-refractivity contribution in [2.45, 2.75) is 19.4 Å². The summed E-state index contributed by atoms with van der Waals surface area (Å²) in [6.45, 7) is 3.24. The van der Waals surface area contributed by atoms with Gasteiger partial charge in [-0.15, -0.1) is 0 Å². The van der Waals surface area contributed by atoms with Crippen LogP contribution in [0.25, 0.3) is 0 Å². The average Bonchev–Trinajstić information content (AvgIpc) is 2.29. The number of nitrogens with zero attached hydrogens (tertiary/aromatic N) is 1. The zero-order chi connectivity index (χ0) is 10.1. The Morgan fingerprint density at radius 3 is 3.07 bits per heavy atom. The maximum absolute atomic E-state index is 6.19. The van der Waals surface area contributed by atoms with E-state index in [1.165, 1.54) is 0 Å². The lowest BCUT2D eigenvalue weighted by molar-refractivity contribution is 0.657. The first-order valence-corrected chi connectivity index (χ1v) is 5.33. The van der Waals surface area contributed by atoms with E-state index in [9.17, 15) is 0 Å². The molecule has 1 aliphatic rings. The van der Waals surface area contributed by atoms with Gasteiger partial charge in [-0.25, -0.2) is 0 Å². The molecule has 0 spiro atoms. The van der Waals surface area contributed by atoms with Gasteiger partial charge in [0.2, 0.25) is 0 Å². The third kappa shape index (κ3) is 1.55. The maximum atomic E-state index is 6.19. The molecule has 1 unspecified atom stereocenters. The number of anilines is 2. The molecule has 1 heterocycles. The summed E-state index contributed by atoms with van der Waals surface area (Å²) in [5.74, 6) is 0. The molecule has 3 heteroatoms. The molecule has 0 saturated heterocycles. The molecule has 1 atom stereocenters. The number of halogens is 1. The van der Waals surface area contributed by atoms with Crippen molar-refractivity contribution < 1.29 is 0 Å². The van der Waals surface area contributed by atoms with Crippen molar-refractivity contribution >= 4 is 23.0 Å². The van der Waals surface area contributed by atoms with Crippen LogP contribution in [0.15, 0.2) is 18.2 Å². The van der Waals surface area contributed by atoms with Crippen LogP contribution in [0.2, 0.25) is 5.02 Å². The zero-order valence-corrected chi connectivity index (χ0v) is 9.30. The second-order valence-corrected chi connectivity index (χ2v) is 4.22. The molecule has 0 fully saturated rings. The Morgan fingerprint density at radius 1 is 1.50 bits per heavy atom. The van der Waals surface area contributed by atoms with Crippen LogP contribution in [0, 0.1) is 0 Å². The fourth-order valence-corrected chi connectivity index (χ4v) is 2.15. The van der Waals surface area contributed by atoms with Crippen molar-refractivity contribution in [2.75, 3.05) is 23.8 Å². The van der Waals surface area contributed by atoms with Gasteiger partial charge in [-0.1, -0.05) is 17.7 Å². The minimum absolute atomic E-state index is 0.531. The number of hydrogen-bond acceptors (Lipinski definition) is 2. The number of benzene rings is 1. The molecule has 0 radical (unpaired) electrons. The standard InChI is InChI=1S/C11H15ClN2/c1-8-6-7-13-10-5-3-4-9(12)11(10)14(8)2/h3-5,8,13H,6-7H2,1-2H3. The van der Waals surface area contributed by atoms with Gasteiger partial charge in [-0.2, -0.15) is 0 Å². The predicted molar refractivity (Wildman–Crippen MR) is 62.4 cm³/mol. The smallest absolute Gasteiger partial charge is 0.0791 e. The summed E-state index contributed by atoms with van der Waals surface area (Å²) in [5, 5.41) is 4.23. The summed E-state index contributed by atoms with van der Waals surface area (Å²) >= 11 is 6.19. The van der Waals surface area contributed by atoms with E-state index < -0.39 is 0 Å². The van der Waals surface area contributed by atoms with Gasteiger partial charge in [0.05, 0.1) is 16.4 Å². The van der Waals surface area contributed by atoms with Crippen molar-refractivity contribution in [1.29, 1.82) is 0 Å². The summed E-state index contributed by atoms with van der Waals surface area (Å²) < 4.78 is 0. The van der Waals surface area contributed by atoms with Crippen LogP contribution in [-0.4, -0.2) is 19.6 Å². The molecule has 76 valence electrons. The highest BCUT2D eigenvalue weighted by Crippen LogP contribution is 2.36. The van der Waals surface area contributed by atoms with Crippen LogP contribution in [0.1, 0.15) is 13.3 Å². The highest BCUT2D eigenvalue weighted by Gasteiger charge is 2.19. The van der Waals surface area contributed by atoms with Gasteiger partial charge in [-0.3, -0.25) is 0 Å². The van der Waals surface area contributed by atoms with Gasteiger partial charge in [0.1, 0.15) is 0 Å². The number of rotatable bonds is 0. The van der Waals surface area contributed by atoms with Gasteiger partial charge in [0.25, 0.3) is 0 Å². The molecule has 0 aliphatic carbocycles. The summed E-state index contributed by atoms with van der Waals surface area (Å²) in [5.41, 5.74) is 2.27. The van der Waals surface area contributed by atoms with Crippen molar-refractivity contribution in [1.82, 2.24) is 0 Å². The maximum Gasteiger partial charge on any atom is 0.0791 e. The van der Waals surface area contributed by atoms with Crippen LogP contribution in [0.4, 0.5) is 11.4 Å². The molecule has 0 amide bonds. The topological polar surface area (TPSA) is 15.3 Å². The highest BCUT2D eigenvalue weighted by atomic mass is 35.5. The second-order valence-electron chi connectivity index (χ2n) is 3.81. The van der Waals surface area contributed by atoms with Crippen molar-refractivity contribution in [3.05, 3.63) is 23.2 Å². The van der Waals surface area contributed by atoms with Gasteiger partial charge in [0.15, 0.2) is 0 Å². The van der Waals surface area contributed by atoms with E-state index in [1.807, 2.05) is 12.1 Å². The van der Waals surface area contributed by atoms with E-state index >= 15 is 0 Å². The number of hydrogen-bond donors (Lipinski definition) is 1. The Morgan fingerprint density at radius 2 is 2.29 bits per heavy atom. The molecule has 14 heavy (non-hydrogen) atoms. The normalized spacial score (nSPS) is 21.1. The predicted octanol–water partition coefficient (Wildman–Crippen LogP) is 2.98. The number of nitrogens with one attached hydrogen (secondary N) is 1. The van der Waals surface area contributed by atoms with E-state index in [1.54, 1.807) is 0 Å². The summed E-state index contributed by atoms with van der Waals surface area (Å²) in [7, 11) is 2.10. The minimum atomic E-state index is 0.531. The Kier molecular flexibility index (Phi) is 2.55. The van der Waals surface area contributed by atoms with Gasteiger partial charge in [-0.05, 0) is 25.5 Å². The first kappa shape index (κ1) is 9.66. The van der Waals surface area contributed by atoms with Crippen molar-refractivity contribution in [2.24, 2.45) is 0 Å². The lowest BCUT2D eigenvalue weighted by Crippen LogP contribution is -2.28. The van der Waals surface area contributed by atoms with E-state index in [-0.39, 0.29) is 0 Å². The molecule has 1 N–H and O–H groups in total. The highest BCUT2D eigenvalue weighted by molar-refractivity contribution is 6.34. The average molecular weight is 211 g/mol. The van der Waals surface area contributed by atoms with E-state index in [4.69, 9.17) is 11.6 Å². The lowest BCUT2D eigenvalue weighted by atomic mass is 10.2. The summed E-state index contributed by atoms with van der Waals surface area (Å²) in [6.07, 6.45) is 1.14. The summed E-state index contributed by atoms with van der Waals surface area (Å²) in [6, 6.07) is 6.54. The molecular weight excluding hydrogens is 196 g/mol. The molecule has 0 bridgehead atoms. The fraction of sp³-hybridized carbons (Fsp3) is 0.455. The van der Waals surface area contributed by atoms with Crippen LogP contribution >= 0.6 is 11.6 Å². The summed E-state index contributed by atoms with van der Waals surface area (Å²) in [4.78, 5) is 2.25. The third-order valence-electron chi connectivity index (χ3n) is 2.88. The first-order valence-electron chi connectivity index (χ1n) is 4.95. The molecule has 0 saturated carbocycles. The Hall–Kier alpha value is -0.890. The van der Waals surface area contributed by atoms with E-state index in [0.717, 1.165) is 29.4 Å². The van der Waals surface area contributed by atoms with E-state index in [0.29, 0.717) is 6.04 Å².